The minimum Gasteiger partial charge on any atom is -0.467 e. The number of fused-ring (bicyclic) bond motifs is 1. The smallest absolute Gasteiger partial charge is 0.245 e. The number of rotatable bonds is 4. The van der Waals surface area contributed by atoms with Crippen molar-refractivity contribution >= 4 is 11.8 Å². The molecule has 1 N–H and O–H groups in total. The van der Waals surface area contributed by atoms with Crippen molar-refractivity contribution in [3.8, 4) is 0 Å². The van der Waals surface area contributed by atoms with E-state index in [0.717, 1.165) is 5.69 Å². The largest absolute Gasteiger partial charge is 0.467 e. The average Bonchev–Trinajstić information content (AvgIpc) is 3.21. The van der Waals surface area contributed by atoms with Gasteiger partial charge in [-0.05, 0) is 12.1 Å². The SMILES string of the molecule is CC(C)C(=O)N1Cc2cncn2C(C(=O)NCc2ccco2)C1. The number of aromatic nitrogens is 2. The van der Waals surface area contributed by atoms with E-state index in [2.05, 4.69) is 10.3 Å². The number of carbonyl (C=O) groups excluding carboxylic acids is 2. The second kappa shape index (κ2) is 6.28. The molecular formula is C16H20N4O3. The fraction of sp³-hybridized carbons (Fsp3) is 0.438. The highest BCUT2D eigenvalue weighted by molar-refractivity contribution is 5.83. The molecule has 3 heterocycles. The summed E-state index contributed by atoms with van der Waals surface area (Å²) < 4.78 is 7.05. The van der Waals surface area contributed by atoms with Crippen molar-refractivity contribution in [3.63, 3.8) is 0 Å². The van der Waals surface area contributed by atoms with Crippen LogP contribution in [0.5, 0.6) is 0 Å². The predicted octanol–water partition coefficient (Wildman–Crippen LogP) is 1.33. The van der Waals surface area contributed by atoms with Crippen molar-refractivity contribution in [2.75, 3.05) is 6.54 Å². The lowest BCUT2D eigenvalue weighted by molar-refractivity contribution is -0.138. The van der Waals surface area contributed by atoms with E-state index in [1.54, 1.807) is 35.8 Å². The van der Waals surface area contributed by atoms with Crippen LogP contribution in [0, 0.1) is 5.92 Å². The average molecular weight is 316 g/mol. The standard InChI is InChI=1S/C16H20N4O3/c1-11(2)16(22)19-8-12-6-17-10-20(12)14(9-19)15(21)18-7-13-4-3-5-23-13/h3-6,10-11,14H,7-9H2,1-2H3,(H,18,21). The van der Waals surface area contributed by atoms with Crippen LogP contribution < -0.4 is 5.32 Å². The molecule has 0 spiro atoms. The molecule has 0 radical (unpaired) electrons. The molecule has 2 aromatic rings. The molecule has 3 rings (SSSR count). The molecule has 1 aliphatic rings. The molecule has 2 aromatic heterocycles. The van der Waals surface area contributed by atoms with E-state index in [1.807, 2.05) is 18.4 Å². The van der Waals surface area contributed by atoms with Crippen LogP contribution in [0.4, 0.5) is 0 Å². The highest BCUT2D eigenvalue weighted by Crippen LogP contribution is 2.22. The molecule has 0 aromatic carbocycles. The van der Waals surface area contributed by atoms with Gasteiger partial charge in [-0.3, -0.25) is 9.59 Å². The summed E-state index contributed by atoms with van der Waals surface area (Å²) in [5.41, 5.74) is 0.864. The van der Waals surface area contributed by atoms with Crippen LogP contribution in [0.15, 0.2) is 35.3 Å². The van der Waals surface area contributed by atoms with Crippen LogP contribution >= 0.6 is 0 Å². The number of nitrogens with one attached hydrogen (secondary N) is 1. The van der Waals surface area contributed by atoms with Gasteiger partial charge < -0.3 is 19.2 Å². The molecule has 0 saturated carbocycles. The molecule has 0 aliphatic carbocycles. The third kappa shape index (κ3) is 3.13. The Bertz CT molecular complexity index is 690. The number of amides is 2. The summed E-state index contributed by atoms with van der Waals surface area (Å²) in [6, 6.07) is 3.11. The zero-order chi connectivity index (χ0) is 16.4. The molecular weight excluding hydrogens is 296 g/mol. The second-order valence-corrected chi connectivity index (χ2v) is 5.98. The Labute approximate surface area is 134 Å². The molecule has 0 fully saturated rings. The topological polar surface area (TPSA) is 80.4 Å². The van der Waals surface area contributed by atoms with Gasteiger partial charge in [-0.15, -0.1) is 0 Å². The molecule has 23 heavy (non-hydrogen) atoms. The van der Waals surface area contributed by atoms with Crippen molar-refractivity contribution in [1.82, 2.24) is 19.8 Å². The first kappa shape index (κ1) is 15.3. The van der Waals surface area contributed by atoms with Gasteiger partial charge in [-0.2, -0.15) is 0 Å². The summed E-state index contributed by atoms with van der Waals surface area (Å²) >= 11 is 0. The number of furan rings is 1. The van der Waals surface area contributed by atoms with Gasteiger partial charge in [-0.1, -0.05) is 13.8 Å². The first-order chi connectivity index (χ1) is 11.1. The monoisotopic (exact) mass is 316 g/mol. The Morgan fingerprint density at radius 2 is 2.30 bits per heavy atom. The third-order valence-electron chi connectivity index (χ3n) is 3.95. The quantitative estimate of drug-likeness (QED) is 0.923. The zero-order valence-corrected chi connectivity index (χ0v) is 13.2. The zero-order valence-electron chi connectivity index (χ0n) is 13.2. The molecule has 0 bridgehead atoms. The van der Waals surface area contributed by atoms with Crippen LogP contribution in [0.2, 0.25) is 0 Å². The van der Waals surface area contributed by atoms with Crippen molar-refractivity contribution < 1.29 is 14.0 Å². The maximum atomic E-state index is 12.6. The summed E-state index contributed by atoms with van der Waals surface area (Å²) in [4.78, 5) is 30.7. The van der Waals surface area contributed by atoms with E-state index in [0.29, 0.717) is 25.4 Å². The van der Waals surface area contributed by atoms with Crippen LogP contribution in [-0.4, -0.2) is 32.8 Å². The van der Waals surface area contributed by atoms with Gasteiger partial charge in [0.15, 0.2) is 0 Å². The molecule has 0 saturated heterocycles. The van der Waals surface area contributed by atoms with Gasteiger partial charge in [0.1, 0.15) is 11.8 Å². The van der Waals surface area contributed by atoms with Gasteiger partial charge in [0.25, 0.3) is 0 Å². The lowest BCUT2D eigenvalue weighted by Crippen LogP contribution is -2.47. The molecule has 1 aliphatic heterocycles. The van der Waals surface area contributed by atoms with E-state index < -0.39 is 6.04 Å². The van der Waals surface area contributed by atoms with Crippen LogP contribution in [0.1, 0.15) is 31.3 Å². The first-order valence-corrected chi connectivity index (χ1v) is 7.66. The predicted molar refractivity (Wildman–Crippen MR) is 82.1 cm³/mol. The summed E-state index contributed by atoms with van der Waals surface area (Å²) in [5.74, 6) is 0.481. The van der Waals surface area contributed by atoms with Crippen molar-refractivity contribution in [3.05, 3.63) is 42.4 Å². The number of hydrogen-bond donors (Lipinski definition) is 1. The van der Waals surface area contributed by atoms with Crippen LogP contribution in [0.25, 0.3) is 0 Å². The van der Waals surface area contributed by atoms with Crippen molar-refractivity contribution in [2.45, 2.75) is 33.0 Å². The fourth-order valence-corrected chi connectivity index (χ4v) is 2.74. The number of imidazole rings is 1. The third-order valence-corrected chi connectivity index (χ3v) is 3.95. The Morgan fingerprint density at radius 3 is 3.00 bits per heavy atom. The lowest BCUT2D eigenvalue weighted by atomic mass is 10.1. The Balaban J connectivity index is 1.74. The normalized spacial score (nSPS) is 17.2. The molecule has 2 amide bonds. The Kier molecular flexibility index (Phi) is 4.18. The fourth-order valence-electron chi connectivity index (χ4n) is 2.74. The van der Waals surface area contributed by atoms with E-state index in [9.17, 15) is 9.59 Å². The molecule has 1 atom stereocenters. The summed E-state index contributed by atoms with van der Waals surface area (Å²) in [5, 5.41) is 2.85. The number of nitrogens with zero attached hydrogens (tertiary/aromatic N) is 3. The van der Waals surface area contributed by atoms with E-state index in [4.69, 9.17) is 4.42 Å². The highest BCUT2D eigenvalue weighted by atomic mass is 16.3. The summed E-state index contributed by atoms with van der Waals surface area (Å²) in [6.07, 6.45) is 4.91. The van der Waals surface area contributed by atoms with Crippen LogP contribution in [0.3, 0.4) is 0 Å². The molecule has 122 valence electrons. The molecule has 7 nitrogen and oxygen atoms in total. The van der Waals surface area contributed by atoms with Gasteiger partial charge in [-0.25, -0.2) is 4.98 Å². The van der Waals surface area contributed by atoms with E-state index >= 15 is 0 Å². The number of carbonyl (C=O) groups is 2. The molecule has 7 heteroatoms. The Morgan fingerprint density at radius 1 is 1.48 bits per heavy atom. The maximum Gasteiger partial charge on any atom is 0.245 e. The lowest BCUT2D eigenvalue weighted by Gasteiger charge is -2.34. The van der Waals surface area contributed by atoms with Crippen molar-refractivity contribution in [2.24, 2.45) is 5.92 Å². The minimum atomic E-state index is -0.473. The van der Waals surface area contributed by atoms with Gasteiger partial charge in [0.05, 0.1) is 37.9 Å². The van der Waals surface area contributed by atoms with Crippen LogP contribution in [-0.2, 0) is 22.7 Å². The maximum absolute atomic E-state index is 12.6. The second-order valence-electron chi connectivity index (χ2n) is 5.98. The highest BCUT2D eigenvalue weighted by Gasteiger charge is 2.33. The Hall–Kier alpha value is -2.57. The van der Waals surface area contributed by atoms with Gasteiger partial charge in [0.2, 0.25) is 11.8 Å². The van der Waals surface area contributed by atoms with E-state index in [1.165, 1.54) is 0 Å². The first-order valence-electron chi connectivity index (χ1n) is 7.66. The minimum absolute atomic E-state index is 0.0429. The van der Waals surface area contributed by atoms with Gasteiger partial charge in [0, 0.05) is 12.1 Å². The number of hydrogen-bond acceptors (Lipinski definition) is 4. The van der Waals surface area contributed by atoms with E-state index in [-0.39, 0.29) is 17.7 Å². The van der Waals surface area contributed by atoms with Crippen molar-refractivity contribution in [1.29, 1.82) is 0 Å². The summed E-state index contributed by atoms with van der Waals surface area (Å²) in [6.45, 7) is 4.88. The summed E-state index contributed by atoms with van der Waals surface area (Å²) in [7, 11) is 0. The molecule has 1 unspecified atom stereocenters. The van der Waals surface area contributed by atoms with Gasteiger partial charge >= 0.3 is 0 Å².